The van der Waals surface area contributed by atoms with Crippen molar-refractivity contribution in [2.24, 2.45) is 0 Å². The van der Waals surface area contributed by atoms with Gasteiger partial charge in [0.2, 0.25) is 11.8 Å². The first-order chi connectivity index (χ1) is 9.35. The molecule has 2 amide bonds. The van der Waals surface area contributed by atoms with Crippen molar-refractivity contribution in [3.05, 3.63) is 0 Å². The molecule has 0 aromatic heterocycles. The number of rotatable bonds is 4. The fraction of sp³-hybridized carbons (Fsp3) is 0.867. The van der Waals surface area contributed by atoms with Crippen molar-refractivity contribution in [2.75, 3.05) is 13.7 Å². The van der Waals surface area contributed by atoms with Gasteiger partial charge < -0.3 is 15.0 Å². The number of piperazine rings is 1. The third kappa shape index (κ3) is 2.32. The van der Waals surface area contributed by atoms with Gasteiger partial charge in [0.15, 0.2) is 0 Å². The molecular formula is C15H26N2O3. The molecule has 2 aliphatic rings. The van der Waals surface area contributed by atoms with Crippen LogP contribution < -0.4 is 5.32 Å². The van der Waals surface area contributed by atoms with Crippen LogP contribution in [0, 0.1) is 0 Å². The van der Waals surface area contributed by atoms with Gasteiger partial charge in [-0.15, -0.1) is 0 Å². The fourth-order valence-electron chi connectivity index (χ4n) is 3.53. The first-order valence-electron chi connectivity index (χ1n) is 7.50. The van der Waals surface area contributed by atoms with E-state index in [1.165, 1.54) is 0 Å². The van der Waals surface area contributed by atoms with Crippen LogP contribution in [0.3, 0.4) is 0 Å². The van der Waals surface area contributed by atoms with E-state index in [0.29, 0.717) is 6.61 Å². The van der Waals surface area contributed by atoms with E-state index < -0.39 is 11.1 Å². The highest BCUT2D eigenvalue weighted by Crippen LogP contribution is 2.41. The molecule has 0 aromatic rings. The first-order valence-corrected chi connectivity index (χ1v) is 7.50. The molecule has 5 heteroatoms. The lowest BCUT2D eigenvalue weighted by Crippen LogP contribution is -2.75. The maximum Gasteiger partial charge on any atom is 0.248 e. The van der Waals surface area contributed by atoms with Gasteiger partial charge in [-0.05, 0) is 40.0 Å². The number of hydrogen-bond acceptors (Lipinski definition) is 3. The second-order valence-corrected chi connectivity index (χ2v) is 6.62. The van der Waals surface area contributed by atoms with E-state index in [9.17, 15) is 9.59 Å². The van der Waals surface area contributed by atoms with E-state index in [4.69, 9.17) is 4.74 Å². The summed E-state index contributed by atoms with van der Waals surface area (Å²) in [7, 11) is 1.66. The zero-order valence-electron chi connectivity index (χ0n) is 13.0. The molecule has 2 fully saturated rings. The third-order valence-corrected chi connectivity index (χ3v) is 4.67. The van der Waals surface area contributed by atoms with E-state index >= 15 is 0 Å². The predicted octanol–water partition coefficient (Wildman–Crippen LogP) is 1.46. The lowest BCUT2D eigenvalue weighted by molar-refractivity contribution is -0.165. The first kappa shape index (κ1) is 15.3. The van der Waals surface area contributed by atoms with Gasteiger partial charge in [-0.1, -0.05) is 12.8 Å². The van der Waals surface area contributed by atoms with Crippen LogP contribution in [0.1, 0.15) is 52.9 Å². The van der Waals surface area contributed by atoms with Crippen molar-refractivity contribution in [1.29, 1.82) is 0 Å². The molecule has 1 aliphatic heterocycles. The molecule has 0 aromatic carbocycles. The van der Waals surface area contributed by atoms with E-state index in [-0.39, 0.29) is 17.9 Å². The highest BCUT2D eigenvalue weighted by molar-refractivity contribution is 6.02. The molecule has 114 valence electrons. The van der Waals surface area contributed by atoms with Crippen molar-refractivity contribution in [1.82, 2.24) is 10.2 Å². The fourth-order valence-corrected chi connectivity index (χ4v) is 3.53. The molecule has 1 atom stereocenters. The second kappa shape index (κ2) is 5.35. The Bertz CT molecular complexity index is 400. The molecule has 1 saturated heterocycles. The molecule has 1 N–H and O–H groups in total. The standard InChI is InChI=1S/C15H26N2O3/c1-11(7-10-20-4)17-13(19)14(2,3)16-12(18)15(17)8-5-6-9-15/h11H,5-10H2,1-4H3,(H,16,18). The smallest absolute Gasteiger partial charge is 0.248 e. The van der Waals surface area contributed by atoms with Crippen LogP contribution in [0.2, 0.25) is 0 Å². The average Bonchev–Trinajstić information content (AvgIpc) is 2.85. The molecule has 0 radical (unpaired) electrons. The normalized spacial score (nSPS) is 25.9. The number of amides is 2. The van der Waals surface area contributed by atoms with Crippen molar-refractivity contribution in [3.8, 4) is 0 Å². The van der Waals surface area contributed by atoms with Gasteiger partial charge in [0.05, 0.1) is 0 Å². The molecule has 1 aliphatic carbocycles. The maximum atomic E-state index is 12.8. The van der Waals surface area contributed by atoms with Crippen LogP contribution in [0.4, 0.5) is 0 Å². The molecule has 0 bridgehead atoms. The minimum absolute atomic E-state index is 0.0175. The van der Waals surface area contributed by atoms with Crippen LogP contribution in [0.15, 0.2) is 0 Å². The van der Waals surface area contributed by atoms with Crippen LogP contribution in [-0.4, -0.2) is 47.6 Å². The highest BCUT2D eigenvalue weighted by atomic mass is 16.5. The summed E-state index contributed by atoms with van der Waals surface area (Å²) in [4.78, 5) is 27.3. The molecule has 2 rings (SSSR count). The summed E-state index contributed by atoms with van der Waals surface area (Å²) >= 11 is 0. The lowest BCUT2D eigenvalue weighted by Gasteiger charge is -2.51. The Balaban J connectivity index is 2.33. The molecule has 20 heavy (non-hydrogen) atoms. The zero-order valence-corrected chi connectivity index (χ0v) is 13.0. The third-order valence-electron chi connectivity index (χ3n) is 4.67. The summed E-state index contributed by atoms with van der Waals surface area (Å²) in [5, 5.41) is 2.92. The number of hydrogen-bond donors (Lipinski definition) is 1. The highest BCUT2D eigenvalue weighted by Gasteiger charge is 2.57. The largest absolute Gasteiger partial charge is 0.385 e. The summed E-state index contributed by atoms with van der Waals surface area (Å²) in [6.07, 6.45) is 4.33. The Labute approximate surface area is 121 Å². The number of ether oxygens (including phenoxy) is 1. The lowest BCUT2D eigenvalue weighted by atomic mass is 9.84. The average molecular weight is 282 g/mol. The summed E-state index contributed by atoms with van der Waals surface area (Å²) in [6, 6.07) is 0.0193. The van der Waals surface area contributed by atoms with E-state index in [2.05, 4.69) is 5.32 Å². The van der Waals surface area contributed by atoms with Crippen LogP contribution >= 0.6 is 0 Å². The Morgan fingerprint density at radius 3 is 2.45 bits per heavy atom. The number of nitrogens with zero attached hydrogens (tertiary/aromatic N) is 1. The van der Waals surface area contributed by atoms with Crippen molar-refractivity contribution < 1.29 is 14.3 Å². The summed E-state index contributed by atoms with van der Waals surface area (Å²) < 4.78 is 5.13. The number of nitrogens with one attached hydrogen (secondary N) is 1. The molecule has 5 nitrogen and oxygen atoms in total. The monoisotopic (exact) mass is 282 g/mol. The van der Waals surface area contributed by atoms with Gasteiger partial charge in [-0.2, -0.15) is 0 Å². The minimum atomic E-state index is -0.813. The Kier molecular flexibility index (Phi) is 4.09. The van der Waals surface area contributed by atoms with Gasteiger partial charge in [0.25, 0.3) is 0 Å². The molecule has 1 saturated carbocycles. The van der Waals surface area contributed by atoms with Crippen molar-refractivity contribution >= 4 is 11.8 Å². The number of methoxy groups -OCH3 is 1. The summed E-state index contributed by atoms with van der Waals surface area (Å²) in [5.74, 6) is 0.0477. The van der Waals surface area contributed by atoms with Gasteiger partial charge in [-0.3, -0.25) is 9.59 Å². The maximum absolute atomic E-state index is 12.8. The van der Waals surface area contributed by atoms with Crippen molar-refractivity contribution in [3.63, 3.8) is 0 Å². The zero-order chi connectivity index (χ0) is 15.0. The van der Waals surface area contributed by atoms with Gasteiger partial charge in [0.1, 0.15) is 11.1 Å². The number of carbonyl (C=O) groups is 2. The van der Waals surface area contributed by atoms with E-state index in [0.717, 1.165) is 32.1 Å². The van der Waals surface area contributed by atoms with Gasteiger partial charge in [0, 0.05) is 19.8 Å². The Hall–Kier alpha value is -1.10. The van der Waals surface area contributed by atoms with Crippen LogP contribution in [0.25, 0.3) is 0 Å². The van der Waals surface area contributed by atoms with E-state index in [1.54, 1.807) is 21.0 Å². The van der Waals surface area contributed by atoms with Crippen molar-refractivity contribution in [2.45, 2.75) is 70.0 Å². The Morgan fingerprint density at radius 1 is 1.30 bits per heavy atom. The van der Waals surface area contributed by atoms with E-state index in [1.807, 2.05) is 11.8 Å². The molecular weight excluding hydrogens is 256 g/mol. The van der Waals surface area contributed by atoms with Crippen LogP contribution in [0.5, 0.6) is 0 Å². The topological polar surface area (TPSA) is 58.6 Å². The summed E-state index contributed by atoms with van der Waals surface area (Å²) in [5.41, 5.74) is -1.44. The molecule has 1 spiro atoms. The second-order valence-electron chi connectivity index (χ2n) is 6.62. The van der Waals surface area contributed by atoms with Crippen LogP contribution in [-0.2, 0) is 14.3 Å². The minimum Gasteiger partial charge on any atom is -0.385 e. The quantitative estimate of drug-likeness (QED) is 0.849. The molecule has 1 unspecified atom stereocenters. The number of carbonyl (C=O) groups excluding carboxylic acids is 2. The molecule has 1 heterocycles. The Morgan fingerprint density at radius 2 is 1.90 bits per heavy atom. The SMILES string of the molecule is COCCC(C)N1C(=O)C(C)(C)NC(=O)C12CCCC2. The van der Waals surface area contributed by atoms with Gasteiger partial charge in [-0.25, -0.2) is 0 Å². The predicted molar refractivity (Wildman–Crippen MR) is 76.2 cm³/mol. The summed E-state index contributed by atoms with van der Waals surface area (Å²) in [6.45, 7) is 6.19. The van der Waals surface area contributed by atoms with Gasteiger partial charge >= 0.3 is 0 Å².